The van der Waals surface area contributed by atoms with Crippen molar-refractivity contribution in [3.8, 4) is 11.5 Å². The van der Waals surface area contributed by atoms with E-state index in [1.807, 2.05) is 26.0 Å². The van der Waals surface area contributed by atoms with Gasteiger partial charge in [-0.15, -0.1) is 0 Å². The Balaban J connectivity index is 1.98. The lowest BCUT2D eigenvalue weighted by Crippen LogP contribution is -2.14. The minimum Gasteiger partial charge on any atom is -0.493 e. The van der Waals surface area contributed by atoms with Crippen LogP contribution in [-0.4, -0.2) is 25.9 Å². The summed E-state index contributed by atoms with van der Waals surface area (Å²) in [5.74, 6) is 0.890. The number of benzene rings is 2. The van der Waals surface area contributed by atoms with Crippen molar-refractivity contribution in [1.82, 2.24) is 0 Å². The standard InChI is InChI=1S/C20H23NO4/c1-13-5-7-15(8-6-13)17(22)9-10-20(23)21-16-12-19(25-4)18(24-3)11-14(16)2/h5-8,11-12H,9-10H2,1-4H3,(H,21,23). The summed E-state index contributed by atoms with van der Waals surface area (Å²) in [7, 11) is 3.10. The van der Waals surface area contributed by atoms with Crippen LogP contribution in [0.5, 0.6) is 11.5 Å². The van der Waals surface area contributed by atoms with Crippen LogP contribution in [0, 0.1) is 13.8 Å². The van der Waals surface area contributed by atoms with Crippen molar-refractivity contribution in [3.05, 3.63) is 53.1 Å². The molecular weight excluding hydrogens is 318 g/mol. The quantitative estimate of drug-likeness (QED) is 0.775. The number of carbonyl (C=O) groups excluding carboxylic acids is 2. The number of hydrogen-bond donors (Lipinski definition) is 1. The van der Waals surface area contributed by atoms with E-state index in [1.54, 1.807) is 38.5 Å². The average molecular weight is 341 g/mol. The van der Waals surface area contributed by atoms with Gasteiger partial charge in [0.2, 0.25) is 5.91 Å². The fourth-order valence-electron chi connectivity index (χ4n) is 2.44. The molecule has 0 saturated heterocycles. The van der Waals surface area contributed by atoms with Crippen LogP contribution in [0.15, 0.2) is 36.4 Å². The average Bonchev–Trinajstić information content (AvgIpc) is 2.61. The topological polar surface area (TPSA) is 64.6 Å². The number of anilines is 1. The number of amides is 1. The fourth-order valence-corrected chi connectivity index (χ4v) is 2.44. The van der Waals surface area contributed by atoms with Gasteiger partial charge in [0.1, 0.15) is 0 Å². The number of methoxy groups -OCH3 is 2. The second kappa shape index (κ2) is 8.33. The van der Waals surface area contributed by atoms with Crippen LogP contribution < -0.4 is 14.8 Å². The predicted molar refractivity (Wildman–Crippen MR) is 97.7 cm³/mol. The minimum atomic E-state index is -0.212. The zero-order valence-corrected chi connectivity index (χ0v) is 15.0. The molecule has 0 atom stereocenters. The van der Waals surface area contributed by atoms with E-state index in [-0.39, 0.29) is 24.5 Å². The van der Waals surface area contributed by atoms with Gasteiger partial charge in [-0.05, 0) is 25.5 Å². The lowest BCUT2D eigenvalue weighted by Gasteiger charge is -2.13. The van der Waals surface area contributed by atoms with Crippen molar-refractivity contribution in [2.45, 2.75) is 26.7 Å². The smallest absolute Gasteiger partial charge is 0.224 e. The van der Waals surface area contributed by atoms with Gasteiger partial charge in [0.15, 0.2) is 17.3 Å². The van der Waals surface area contributed by atoms with E-state index in [9.17, 15) is 9.59 Å². The fraction of sp³-hybridized carbons (Fsp3) is 0.300. The molecule has 5 heteroatoms. The van der Waals surface area contributed by atoms with Crippen molar-refractivity contribution in [2.24, 2.45) is 0 Å². The summed E-state index contributed by atoms with van der Waals surface area (Å²) in [5, 5.41) is 2.83. The monoisotopic (exact) mass is 341 g/mol. The summed E-state index contributed by atoms with van der Waals surface area (Å²) in [6, 6.07) is 10.9. The molecule has 2 aromatic carbocycles. The molecule has 132 valence electrons. The Morgan fingerprint density at radius 1 is 0.920 bits per heavy atom. The predicted octanol–water partition coefficient (Wildman–Crippen LogP) is 3.92. The molecular formula is C20H23NO4. The molecule has 0 aliphatic carbocycles. The summed E-state index contributed by atoms with van der Waals surface area (Å²) in [6.45, 7) is 3.84. The molecule has 0 bridgehead atoms. The molecule has 5 nitrogen and oxygen atoms in total. The van der Waals surface area contributed by atoms with Crippen LogP contribution in [0.3, 0.4) is 0 Å². The number of aryl methyl sites for hydroxylation is 2. The van der Waals surface area contributed by atoms with Crippen molar-refractivity contribution in [3.63, 3.8) is 0 Å². The lowest BCUT2D eigenvalue weighted by molar-refractivity contribution is -0.116. The lowest BCUT2D eigenvalue weighted by atomic mass is 10.0. The molecule has 0 aliphatic rings. The first kappa shape index (κ1) is 18.5. The van der Waals surface area contributed by atoms with Crippen LogP contribution in [0.2, 0.25) is 0 Å². The van der Waals surface area contributed by atoms with Gasteiger partial charge >= 0.3 is 0 Å². The van der Waals surface area contributed by atoms with E-state index < -0.39 is 0 Å². The largest absolute Gasteiger partial charge is 0.493 e. The van der Waals surface area contributed by atoms with Crippen molar-refractivity contribution >= 4 is 17.4 Å². The molecule has 0 spiro atoms. The highest BCUT2D eigenvalue weighted by molar-refractivity contribution is 6.00. The second-order valence-electron chi connectivity index (χ2n) is 5.86. The van der Waals surface area contributed by atoms with Gasteiger partial charge in [0.25, 0.3) is 0 Å². The van der Waals surface area contributed by atoms with E-state index in [1.165, 1.54) is 0 Å². The molecule has 0 fully saturated rings. The van der Waals surface area contributed by atoms with Crippen molar-refractivity contribution in [2.75, 3.05) is 19.5 Å². The first-order valence-electron chi connectivity index (χ1n) is 8.07. The molecule has 2 aromatic rings. The summed E-state index contributed by atoms with van der Waals surface area (Å²) in [5.41, 5.74) is 3.22. The number of Topliss-reactive ketones (excluding diaryl/α,β-unsaturated/α-hetero) is 1. The molecule has 0 aromatic heterocycles. The highest BCUT2D eigenvalue weighted by Gasteiger charge is 2.13. The maximum atomic E-state index is 12.2. The van der Waals surface area contributed by atoms with Gasteiger partial charge in [0, 0.05) is 30.2 Å². The number of ether oxygens (including phenoxy) is 2. The molecule has 1 N–H and O–H groups in total. The highest BCUT2D eigenvalue weighted by Crippen LogP contribution is 2.32. The number of hydrogen-bond acceptors (Lipinski definition) is 4. The summed E-state index contributed by atoms with van der Waals surface area (Å²) >= 11 is 0. The molecule has 0 radical (unpaired) electrons. The van der Waals surface area contributed by atoms with Crippen LogP contribution in [-0.2, 0) is 4.79 Å². The Morgan fingerprint density at radius 3 is 2.12 bits per heavy atom. The third-order valence-corrected chi connectivity index (χ3v) is 3.96. The summed E-state index contributed by atoms with van der Waals surface area (Å²) in [4.78, 5) is 24.3. The van der Waals surface area contributed by atoms with E-state index in [0.717, 1.165) is 11.1 Å². The Labute approximate surface area is 148 Å². The van der Waals surface area contributed by atoms with E-state index in [4.69, 9.17) is 9.47 Å². The van der Waals surface area contributed by atoms with E-state index in [2.05, 4.69) is 5.32 Å². The van der Waals surface area contributed by atoms with Gasteiger partial charge in [0.05, 0.1) is 14.2 Å². The normalized spacial score (nSPS) is 10.2. The number of nitrogens with one attached hydrogen (secondary N) is 1. The Kier molecular flexibility index (Phi) is 6.17. The maximum Gasteiger partial charge on any atom is 0.224 e. The number of rotatable bonds is 7. The molecule has 25 heavy (non-hydrogen) atoms. The molecule has 2 rings (SSSR count). The van der Waals surface area contributed by atoms with Crippen LogP contribution in [0.4, 0.5) is 5.69 Å². The van der Waals surface area contributed by atoms with E-state index in [0.29, 0.717) is 22.7 Å². The highest BCUT2D eigenvalue weighted by atomic mass is 16.5. The minimum absolute atomic E-state index is 0.0424. The van der Waals surface area contributed by atoms with Gasteiger partial charge < -0.3 is 14.8 Å². The number of ketones is 1. The van der Waals surface area contributed by atoms with Gasteiger partial charge in [-0.1, -0.05) is 29.8 Å². The van der Waals surface area contributed by atoms with Crippen LogP contribution in [0.25, 0.3) is 0 Å². The summed E-state index contributed by atoms with van der Waals surface area (Å²) < 4.78 is 10.5. The zero-order valence-electron chi connectivity index (χ0n) is 15.0. The first-order chi connectivity index (χ1) is 11.9. The second-order valence-corrected chi connectivity index (χ2v) is 5.86. The molecule has 0 aliphatic heterocycles. The molecule has 0 heterocycles. The molecule has 0 saturated carbocycles. The van der Waals surface area contributed by atoms with Crippen molar-refractivity contribution < 1.29 is 19.1 Å². The third-order valence-electron chi connectivity index (χ3n) is 3.96. The van der Waals surface area contributed by atoms with E-state index >= 15 is 0 Å². The molecule has 1 amide bonds. The first-order valence-corrected chi connectivity index (χ1v) is 8.07. The van der Waals surface area contributed by atoms with Gasteiger partial charge in [-0.25, -0.2) is 0 Å². The Hall–Kier alpha value is -2.82. The number of carbonyl (C=O) groups is 2. The summed E-state index contributed by atoms with van der Waals surface area (Å²) in [6.07, 6.45) is 0.293. The van der Waals surface area contributed by atoms with Gasteiger partial charge in [-0.2, -0.15) is 0 Å². The van der Waals surface area contributed by atoms with Crippen LogP contribution >= 0.6 is 0 Å². The van der Waals surface area contributed by atoms with Crippen molar-refractivity contribution in [1.29, 1.82) is 0 Å². The zero-order chi connectivity index (χ0) is 18.4. The maximum absolute atomic E-state index is 12.2. The van der Waals surface area contributed by atoms with Crippen LogP contribution in [0.1, 0.15) is 34.3 Å². The third kappa shape index (κ3) is 4.83. The SMILES string of the molecule is COc1cc(C)c(NC(=O)CCC(=O)c2ccc(C)cc2)cc1OC. The van der Waals surface area contributed by atoms with Gasteiger partial charge in [-0.3, -0.25) is 9.59 Å². The molecule has 0 unspecified atom stereocenters. The Morgan fingerprint density at radius 2 is 1.52 bits per heavy atom. The Bertz CT molecular complexity index is 766.